The van der Waals surface area contributed by atoms with E-state index in [9.17, 15) is 33.7 Å². The number of hydrogen-bond acceptors (Lipinski definition) is 8. The summed E-state index contributed by atoms with van der Waals surface area (Å²) in [4.78, 5) is 0.947. The molecule has 0 amide bonds. The van der Waals surface area contributed by atoms with Gasteiger partial charge in [-0.15, -0.1) is 0 Å². The van der Waals surface area contributed by atoms with Gasteiger partial charge in [-0.25, -0.2) is 33.7 Å². The Morgan fingerprint density at radius 1 is 0.288 bits per heavy atom. The standard InChI is InChI=1S/C50H74N4O8S4/c1-15-51(63(55,56)47-39(7)27-35(3)28-40(47)8)23-19-25-53(65(59,60)49-43(11)31-37(5)32-44(49)12)21-17-18-22-54(66(61,62)50-45(13)33-38(6)34-46(50)14)26-20-24-52(16-2)64(57,58)48-41(9)29-36(4)30-42(48)10/h27-34H,15-26H2,1-14H3. The molecule has 0 saturated carbocycles. The van der Waals surface area contributed by atoms with Gasteiger partial charge >= 0.3 is 0 Å². The van der Waals surface area contributed by atoms with E-state index in [2.05, 4.69) is 0 Å². The molecule has 0 bridgehead atoms. The molecular weight excluding hydrogens is 913 g/mol. The SMILES string of the molecule is CCN(CCCN(CCCCN(CCCN(CC)S(=O)(=O)c1c(C)cc(C)cc1C)S(=O)(=O)c1c(C)cc(C)cc1C)S(=O)(=O)c1c(C)cc(C)cc1C)S(=O)(=O)c1c(C)cc(C)cc1C. The fraction of sp³-hybridized carbons (Fsp3) is 0.520. The summed E-state index contributed by atoms with van der Waals surface area (Å²) in [5, 5.41) is 0. The van der Waals surface area contributed by atoms with E-state index in [0.29, 0.717) is 57.3 Å². The van der Waals surface area contributed by atoms with Gasteiger partial charge in [0.15, 0.2) is 0 Å². The molecule has 366 valence electrons. The third kappa shape index (κ3) is 12.4. The number of nitrogens with zero attached hydrogens (tertiary/aromatic N) is 4. The van der Waals surface area contributed by atoms with Crippen LogP contribution < -0.4 is 0 Å². The van der Waals surface area contributed by atoms with Crippen molar-refractivity contribution >= 4 is 40.1 Å². The minimum absolute atomic E-state index is 0.0397. The van der Waals surface area contributed by atoms with Crippen molar-refractivity contribution in [3.63, 3.8) is 0 Å². The van der Waals surface area contributed by atoms with Crippen LogP contribution in [0.3, 0.4) is 0 Å². The van der Waals surface area contributed by atoms with Crippen molar-refractivity contribution in [3.05, 3.63) is 115 Å². The molecule has 0 unspecified atom stereocenters. The van der Waals surface area contributed by atoms with Gasteiger partial charge in [-0.2, -0.15) is 17.2 Å². The van der Waals surface area contributed by atoms with E-state index < -0.39 is 40.1 Å². The molecule has 0 radical (unpaired) electrons. The van der Waals surface area contributed by atoms with Gasteiger partial charge in [0.1, 0.15) is 0 Å². The summed E-state index contributed by atoms with van der Waals surface area (Å²) in [6.07, 6.45) is 1.07. The Labute approximate surface area is 398 Å². The van der Waals surface area contributed by atoms with Crippen molar-refractivity contribution in [2.75, 3.05) is 52.4 Å². The van der Waals surface area contributed by atoms with Crippen LogP contribution in [0.2, 0.25) is 0 Å². The average molecular weight is 987 g/mol. The quantitative estimate of drug-likeness (QED) is 0.0669. The molecule has 12 nitrogen and oxygen atoms in total. The molecule has 16 heteroatoms. The number of rotatable bonds is 23. The molecule has 0 aliphatic carbocycles. The van der Waals surface area contributed by atoms with Crippen molar-refractivity contribution in [2.45, 2.75) is 142 Å². The lowest BCUT2D eigenvalue weighted by Crippen LogP contribution is -2.39. The molecular formula is C50H74N4O8S4. The minimum atomic E-state index is -4.08. The molecule has 4 aromatic carbocycles. The van der Waals surface area contributed by atoms with E-state index >= 15 is 0 Å². The summed E-state index contributed by atoms with van der Waals surface area (Å²) >= 11 is 0. The zero-order valence-corrected chi connectivity index (χ0v) is 45.1. The van der Waals surface area contributed by atoms with E-state index in [4.69, 9.17) is 0 Å². The first kappa shape index (κ1) is 55.1. The lowest BCUT2D eigenvalue weighted by molar-refractivity contribution is 0.339. The van der Waals surface area contributed by atoms with Gasteiger partial charge in [0.2, 0.25) is 40.1 Å². The highest BCUT2D eigenvalue weighted by Crippen LogP contribution is 2.30. The van der Waals surface area contributed by atoms with Crippen LogP contribution in [-0.2, 0) is 40.1 Å². The first-order valence-corrected chi connectivity index (χ1v) is 28.7. The van der Waals surface area contributed by atoms with Gasteiger partial charge < -0.3 is 0 Å². The molecule has 4 aromatic rings. The van der Waals surface area contributed by atoms with Crippen LogP contribution >= 0.6 is 0 Å². The highest BCUT2D eigenvalue weighted by molar-refractivity contribution is 7.90. The van der Waals surface area contributed by atoms with Crippen LogP contribution in [0.5, 0.6) is 0 Å². The predicted octanol–water partition coefficient (Wildman–Crippen LogP) is 9.05. The first-order chi connectivity index (χ1) is 30.6. The first-order valence-electron chi connectivity index (χ1n) is 22.9. The maximum atomic E-state index is 14.7. The van der Waals surface area contributed by atoms with Crippen LogP contribution in [0.1, 0.15) is 106 Å². The second kappa shape index (κ2) is 22.3. The Morgan fingerprint density at radius 2 is 0.455 bits per heavy atom. The Hall–Kier alpha value is -3.48. The van der Waals surface area contributed by atoms with E-state index in [1.165, 1.54) is 17.2 Å². The Bertz CT molecular complexity index is 2570. The molecule has 0 spiro atoms. The monoisotopic (exact) mass is 986 g/mol. The minimum Gasteiger partial charge on any atom is -0.207 e. The molecule has 0 aliphatic rings. The molecule has 0 heterocycles. The maximum absolute atomic E-state index is 14.7. The topological polar surface area (TPSA) is 150 Å². The lowest BCUT2D eigenvalue weighted by atomic mass is 10.1. The van der Waals surface area contributed by atoms with Crippen LogP contribution in [-0.4, -0.2) is 103 Å². The molecule has 66 heavy (non-hydrogen) atoms. The maximum Gasteiger partial charge on any atom is 0.243 e. The molecule has 4 rings (SSSR count). The zero-order valence-electron chi connectivity index (χ0n) is 41.8. The number of hydrogen-bond donors (Lipinski definition) is 0. The van der Waals surface area contributed by atoms with E-state index in [1.807, 2.05) is 76.2 Å². The molecule has 0 saturated heterocycles. The molecule has 0 fully saturated rings. The van der Waals surface area contributed by atoms with Crippen molar-refractivity contribution in [2.24, 2.45) is 0 Å². The van der Waals surface area contributed by atoms with Gasteiger partial charge in [-0.3, -0.25) is 0 Å². The van der Waals surface area contributed by atoms with Gasteiger partial charge in [0.25, 0.3) is 0 Å². The van der Waals surface area contributed by atoms with Gasteiger partial charge in [-0.05, 0) is 153 Å². The Kier molecular flexibility index (Phi) is 18.6. The normalized spacial score (nSPS) is 12.9. The van der Waals surface area contributed by atoms with Crippen molar-refractivity contribution in [3.8, 4) is 0 Å². The van der Waals surface area contributed by atoms with Crippen molar-refractivity contribution in [1.29, 1.82) is 0 Å². The van der Waals surface area contributed by atoms with E-state index in [1.54, 1.807) is 69.2 Å². The fourth-order valence-electron chi connectivity index (χ4n) is 9.84. The second-order valence-corrected chi connectivity index (χ2v) is 25.6. The molecule has 0 aliphatic heterocycles. The largest absolute Gasteiger partial charge is 0.243 e. The van der Waals surface area contributed by atoms with Crippen molar-refractivity contribution in [1.82, 2.24) is 17.2 Å². The van der Waals surface area contributed by atoms with Gasteiger partial charge in [-0.1, -0.05) is 84.6 Å². The second-order valence-electron chi connectivity index (χ2n) is 18.1. The number of benzene rings is 4. The molecule has 0 atom stereocenters. The third-order valence-electron chi connectivity index (χ3n) is 12.2. The smallest absolute Gasteiger partial charge is 0.207 e. The average Bonchev–Trinajstić information content (AvgIpc) is 3.15. The Morgan fingerprint density at radius 3 is 0.652 bits per heavy atom. The molecule has 0 N–H and O–H groups in total. The molecule has 0 aromatic heterocycles. The van der Waals surface area contributed by atoms with Gasteiger partial charge in [0, 0.05) is 52.4 Å². The highest BCUT2D eigenvalue weighted by Gasteiger charge is 2.33. The highest BCUT2D eigenvalue weighted by atomic mass is 32.2. The lowest BCUT2D eigenvalue weighted by Gasteiger charge is -2.28. The van der Waals surface area contributed by atoms with Crippen LogP contribution in [0.15, 0.2) is 68.1 Å². The van der Waals surface area contributed by atoms with Gasteiger partial charge in [0.05, 0.1) is 19.6 Å². The Balaban J connectivity index is 1.63. The summed E-state index contributed by atoms with van der Waals surface area (Å²) < 4.78 is 120. The summed E-state index contributed by atoms with van der Waals surface area (Å²) in [5.41, 5.74) is 8.86. The summed E-state index contributed by atoms with van der Waals surface area (Å²) in [5.74, 6) is 0. The van der Waals surface area contributed by atoms with E-state index in [-0.39, 0.29) is 84.8 Å². The number of sulfonamides is 4. The zero-order chi connectivity index (χ0) is 49.7. The van der Waals surface area contributed by atoms with Crippen LogP contribution in [0, 0.1) is 83.1 Å². The summed E-state index contributed by atoms with van der Waals surface area (Å²) in [6.45, 7) is 26.3. The van der Waals surface area contributed by atoms with Crippen LogP contribution in [0.25, 0.3) is 0 Å². The fourth-order valence-corrected chi connectivity index (χ4v) is 17.5. The van der Waals surface area contributed by atoms with E-state index in [0.717, 1.165) is 22.3 Å². The third-order valence-corrected chi connectivity index (χ3v) is 21.2. The van der Waals surface area contributed by atoms with Crippen LogP contribution in [0.4, 0.5) is 0 Å². The number of aryl methyl sites for hydroxylation is 12. The summed E-state index contributed by atoms with van der Waals surface area (Å²) in [6, 6.07) is 14.7. The van der Waals surface area contributed by atoms with Crippen molar-refractivity contribution < 1.29 is 33.7 Å². The summed E-state index contributed by atoms with van der Waals surface area (Å²) in [7, 11) is -15.9. The predicted molar refractivity (Wildman–Crippen MR) is 267 cm³/mol. The number of unbranched alkanes of at least 4 members (excludes halogenated alkanes) is 1.